The standard InChI is InChI=1S/C23H19BrO4/c24-15-6-4-14(5-7-15)10-21-22(26)17-11-16-18(25)13-23(8-2-1-3-9-23)28-20(16)12-19(17)27-21/h4-7,10-12H,1-3,8-9,13H2/b21-10-. The summed E-state index contributed by atoms with van der Waals surface area (Å²) in [5, 5.41) is 0. The van der Waals surface area contributed by atoms with Gasteiger partial charge in [-0.05, 0) is 55.5 Å². The predicted molar refractivity (Wildman–Crippen MR) is 109 cm³/mol. The second-order valence-electron chi connectivity index (χ2n) is 7.78. The molecule has 0 unspecified atom stereocenters. The second kappa shape index (κ2) is 6.59. The molecule has 1 aliphatic carbocycles. The average molecular weight is 439 g/mol. The van der Waals surface area contributed by atoms with E-state index in [0.29, 0.717) is 29.0 Å². The molecule has 0 radical (unpaired) electrons. The van der Waals surface area contributed by atoms with E-state index < -0.39 is 0 Å². The van der Waals surface area contributed by atoms with Gasteiger partial charge in [0.25, 0.3) is 0 Å². The SMILES string of the molecule is O=C1CC2(CCCCC2)Oc2cc3c(cc21)C(=O)/C(=C/c1ccc(Br)cc1)O3. The van der Waals surface area contributed by atoms with E-state index in [-0.39, 0.29) is 22.9 Å². The number of benzene rings is 2. The van der Waals surface area contributed by atoms with Crippen molar-refractivity contribution in [2.75, 3.05) is 0 Å². The van der Waals surface area contributed by atoms with Gasteiger partial charge in [0, 0.05) is 10.5 Å². The van der Waals surface area contributed by atoms with Gasteiger partial charge in [-0.15, -0.1) is 0 Å². The van der Waals surface area contributed by atoms with Gasteiger partial charge in [-0.1, -0.05) is 34.5 Å². The molecule has 0 atom stereocenters. The smallest absolute Gasteiger partial charge is 0.231 e. The number of ketones is 2. The highest BCUT2D eigenvalue weighted by Crippen LogP contribution is 2.45. The summed E-state index contributed by atoms with van der Waals surface area (Å²) < 4.78 is 13.1. The molecule has 142 valence electrons. The van der Waals surface area contributed by atoms with E-state index in [1.807, 2.05) is 24.3 Å². The van der Waals surface area contributed by atoms with Crippen molar-refractivity contribution in [1.29, 1.82) is 0 Å². The maximum atomic E-state index is 12.8. The molecule has 1 saturated carbocycles. The fourth-order valence-corrected chi connectivity index (χ4v) is 4.62. The third kappa shape index (κ3) is 2.98. The Morgan fingerprint density at radius 3 is 2.43 bits per heavy atom. The van der Waals surface area contributed by atoms with Crippen LogP contribution in [0.25, 0.3) is 6.08 Å². The zero-order valence-electron chi connectivity index (χ0n) is 15.3. The van der Waals surface area contributed by atoms with Crippen molar-refractivity contribution in [3.8, 4) is 11.5 Å². The molecule has 0 saturated heterocycles. The van der Waals surface area contributed by atoms with Crippen molar-refractivity contribution >= 4 is 33.6 Å². The maximum absolute atomic E-state index is 12.8. The first-order valence-corrected chi connectivity index (χ1v) is 10.4. The fraction of sp³-hybridized carbons (Fsp3) is 0.304. The van der Waals surface area contributed by atoms with Crippen molar-refractivity contribution < 1.29 is 19.1 Å². The summed E-state index contributed by atoms with van der Waals surface area (Å²) in [6.45, 7) is 0. The van der Waals surface area contributed by atoms with Crippen LogP contribution in [0.5, 0.6) is 11.5 Å². The van der Waals surface area contributed by atoms with Crippen LogP contribution < -0.4 is 9.47 Å². The zero-order chi connectivity index (χ0) is 19.3. The van der Waals surface area contributed by atoms with Crippen LogP contribution in [0.3, 0.4) is 0 Å². The lowest BCUT2D eigenvalue weighted by molar-refractivity contribution is 0.0135. The summed E-state index contributed by atoms with van der Waals surface area (Å²) in [6.07, 6.45) is 7.30. The molecule has 1 fully saturated rings. The van der Waals surface area contributed by atoms with Crippen molar-refractivity contribution in [2.45, 2.75) is 44.1 Å². The molecular weight excluding hydrogens is 420 g/mol. The number of allylic oxidation sites excluding steroid dienone is 1. The normalized spacial score (nSPS) is 21.2. The average Bonchev–Trinajstić information content (AvgIpc) is 2.98. The third-order valence-corrected chi connectivity index (χ3v) is 6.34. The molecule has 3 aliphatic rings. The third-order valence-electron chi connectivity index (χ3n) is 5.81. The van der Waals surface area contributed by atoms with Crippen LogP contribution in [0.1, 0.15) is 64.8 Å². The number of hydrogen-bond donors (Lipinski definition) is 0. The summed E-state index contributed by atoms with van der Waals surface area (Å²) in [4.78, 5) is 25.6. The first kappa shape index (κ1) is 17.7. The number of rotatable bonds is 1. The molecule has 2 aromatic carbocycles. The molecule has 4 nitrogen and oxygen atoms in total. The number of halogens is 1. The molecule has 5 heteroatoms. The molecule has 28 heavy (non-hydrogen) atoms. The van der Waals surface area contributed by atoms with E-state index in [1.54, 1.807) is 18.2 Å². The molecular formula is C23H19BrO4. The summed E-state index contributed by atoms with van der Waals surface area (Å²) in [7, 11) is 0. The summed E-state index contributed by atoms with van der Waals surface area (Å²) in [5.74, 6) is 1.14. The Labute approximate surface area is 171 Å². The molecule has 0 N–H and O–H groups in total. The highest BCUT2D eigenvalue weighted by Gasteiger charge is 2.43. The molecule has 1 spiro atoms. The minimum Gasteiger partial charge on any atom is -0.486 e. The molecule has 2 aliphatic heterocycles. The van der Waals surface area contributed by atoms with Crippen molar-refractivity contribution in [3.05, 3.63) is 63.3 Å². The Bertz CT molecular complexity index is 1010. The quantitative estimate of drug-likeness (QED) is 0.533. The van der Waals surface area contributed by atoms with Gasteiger partial charge in [0.2, 0.25) is 5.78 Å². The Hall–Kier alpha value is -2.40. The highest BCUT2D eigenvalue weighted by atomic mass is 79.9. The molecule has 0 bridgehead atoms. The first-order valence-electron chi connectivity index (χ1n) is 9.63. The minimum absolute atomic E-state index is 0.0593. The monoisotopic (exact) mass is 438 g/mol. The maximum Gasteiger partial charge on any atom is 0.231 e. The first-order chi connectivity index (χ1) is 13.5. The van der Waals surface area contributed by atoms with Gasteiger partial charge in [0.1, 0.15) is 17.1 Å². The van der Waals surface area contributed by atoms with Gasteiger partial charge in [-0.2, -0.15) is 0 Å². The molecule has 5 rings (SSSR count). The highest BCUT2D eigenvalue weighted by molar-refractivity contribution is 9.10. The van der Waals surface area contributed by atoms with Gasteiger partial charge in [-0.25, -0.2) is 0 Å². The lowest BCUT2D eigenvalue weighted by Crippen LogP contribution is -2.43. The van der Waals surface area contributed by atoms with Crippen molar-refractivity contribution in [3.63, 3.8) is 0 Å². The van der Waals surface area contributed by atoms with E-state index in [0.717, 1.165) is 35.7 Å². The minimum atomic E-state index is -0.380. The molecule has 0 amide bonds. The number of carbonyl (C=O) groups excluding carboxylic acids is 2. The van der Waals surface area contributed by atoms with Gasteiger partial charge in [-0.3, -0.25) is 9.59 Å². The van der Waals surface area contributed by atoms with Gasteiger partial charge in [0.15, 0.2) is 11.5 Å². The van der Waals surface area contributed by atoms with Gasteiger partial charge < -0.3 is 9.47 Å². The molecule has 0 aromatic heterocycles. The van der Waals surface area contributed by atoms with Crippen LogP contribution in [0.15, 0.2) is 46.6 Å². The summed E-state index contributed by atoms with van der Waals surface area (Å²) in [5.41, 5.74) is 1.42. The van der Waals surface area contributed by atoms with Crippen LogP contribution in [0, 0.1) is 0 Å². The van der Waals surface area contributed by atoms with Gasteiger partial charge >= 0.3 is 0 Å². The lowest BCUT2D eigenvalue weighted by atomic mass is 9.78. The van der Waals surface area contributed by atoms with Crippen molar-refractivity contribution in [2.24, 2.45) is 0 Å². The second-order valence-corrected chi connectivity index (χ2v) is 8.70. The van der Waals surface area contributed by atoms with Crippen molar-refractivity contribution in [1.82, 2.24) is 0 Å². The van der Waals surface area contributed by atoms with Crippen LogP contribution in [-0.4, -0.2) is 17.2 Å². The zero-order valence-corrected chi connectivity index (χ0v) is 16.9. The fourth-order valence-electron chi connectivity index (χ4n) is 4.36. The summed E-state index contributed by atoms with van der Waals surface area (Å²) >= 11 is 3.40. The number of Topliss-reactive ketones (excluding diaryl/α,β-unsaturated/α-hetero) is 2. The lowest BCUT2D eigenvalue weighted by Gasteiger charge is -2.40. The number of fused-ring (bicyclic) bond motifs is 2. The Kier molecular flexibility index (Phi) is 4.16. The van der Waals surface area contributed by atoms with Crippen LogP contribution >= 0.6 is 15.9 Å². The summed E-state index contributed by atoms with van der Waals surface area (Å²) in [6, 6.07) is 11.0. The topological polar surface area (TPSA) is 52.6 Å². The number of ether oxygens (including phenoxy) is 2. The van der Waals surface area contributed by atoms with Crippen LogP contribution in [0.4, 0.5) is 0 Å². The van der Waals surface area contributed by atoms with E-state index in [9.17, 15) is 9.59 Å². The van der Waals surface area contributed by atoms with E-state index in [2.05, 4.69) is 15.9 Å². The number of hydrogen-bond acceptors (Lipinski definition) is 4. The Morgan fingerprint density at radius 2 is 1.68 bits per heavy atom. The molecule has 2 aromatic rings. The number of carbonyl (C=O) groups is 2. The van der Waals surface area contributed by atoms with E-state index in [1.165, 1.54) is 6.42 Å². The molecule has 2 heterocycles. The largest absolute Gasteiger partial charge is 0.486 e. The van der Waals surface area contributed by atoms with E-state index in [4.69, 9.17) is 9.47 Å². The predicted octanol–water partition coefficient (Wildman–Crippen LogP) is 5.73. The Morgan fingerprint density at radius 1 is 0.929 bits per heavy atom. The van der Waals surface area contributed by atoms with Crippen LogP contribution in [-0.2, 0) is 0 Å². The van der Waals surface area contributed by atoms with Crippen LogP contribution in [0.2, 0.25) is 0 Å². The van der Waals surface area contributed by atoms with Gasteiger partial charge in [0.05, 0.1) is 17.5 Å². The Balaban J connectivity index is 1.49. The van der Waals surface area contributed by atoms with E-state index >= 15 is 0 Å².